The second-order valence-corrected chi connectivity index (χ2v) is 4.45. The van der Waals surface area contributed by atoms with Crippen molar-refractivity contribution in [2.75, 3.05) is 5.73 Å². The quantitative estimate of drug-likeness (QED) is 0.869. The SMILES string of the molecule is Nc1cnc(-c2cnn(C3CC3)c2)c(Cl)c1. The Hall–Kier alpha value is -1.55. The number of hydrogen-bond acceptors (Lipinski definition) is 3. The summed E-state index contributed by atoms with van der Waals surface area (Å²) in [5.41, 5.74) is 7.85. The normalized spacial score (nSPS) is 15.3. The van der Waals surface area contributed by atoms with Crippen LogP contribution in [0.5, 0.6) is 0 Å². The van der Waals surface area contributed by atoms with Gasteiger partial charge >= 0.3 is 0 Å². The average Bonchev–Trinajstić information content (AvgIpc) is 2.98. The zero-order valence-corrected chi connectivity index (χ0v) is 9.35. The van der Waals surface area contributed by atoms with Gasteiger partial charge in [-0.2, -0.15) is 5.10 Å². The Labute approximate surface area is 98.0 Å². The van der Waals surface area contributed by atoms with Gasteiger partial charge in [-0.1, -0.05) is 11.6 Å². The van der Waals surface area contributed by atoms with E-state index < -0.39 is 0 Å². The molecule has 0 bridgehead atoms. The molecule has 16 heavy (non-hydrogen) atoms. The molecular formula is C11H11ClN4. The Morgan fingerprint density at radius 3 is 2.88 bits per heavy atom. The fourth-order valence-corrected chi connectivity index (χ4v) is 1.95. The fraction of sp³-hybridized carbons (Fsp3) is 0.273. The van der Waals surface area contributed by atoms with Crippen molar-refractivity contribution in [1.29, 1.82) is 0 Å². The maximum absolute atomic E-state index is 6.09. The highest BCUT2D eigenvalue weighted by atomic mass is 35.5. The molecule has 1 fully saturated rings. The molecule has 0 aliphatic heterocycles. The summed E-state index contributed by atoms with van der Waals surface area (Å²) >= 11 is 6.09. The summed E-state index contributed by atoms with van der Waals surface area (Å²) in [5, 5.41) is 4.87. The van der Waals surface area contributed by atoms with E-state index in [4.69, 9.17) is 17.3 Å². The van der Waals surface area contributed by atoms with Gasteiger partial charge in [0.05, 0.1) is 34.8 Å². The van der Waals surface area contributed by atoms with Crippen molar-refractivity contribution in [3.8, 4) is 11.3 Å². The van der Waals surface area contributed by atoms with Gasteiger partial charge in [0.25, 0.3) is 0 Å². The summed E-state index contributed by atoms with van der Waals surface area (Å²) in [6, 6.07) is 2.28. The summed E-state index contributed by atoms with van der Waals surface area (Å²) in [4.78, 5) is 4.23. The first-order valence-electron chi connectivity index (χ1n) is 5.19. The van der Waals surface area contributed by atoms with E-state index in [2.05, 4.69) is 10.1 Å². The number of nitrogens with zero attached hydrogens (tertiary/aromatic N) is 3. The summed E-state index contributed by atoms with van der Waals surface area (Å²) < 4.78 is 1.98. The summed E-state index contributed by atoms with van der Waals surface area (Å²) in [6.45, 7) is 0. The summed E-state index contributed by atoms with van der Waals surface area (Å²) in [6.07, 6.45) is 7.81. The molecule has 1 saturated carbocycles. The molecule has 0 atom stereocenters. The van der Waals surface area contributed by atoms with Crippen LogP contribution in [0.2, 0.25) is 5.02 Å². The van der Waals surface area contributed by atoms with Crippen LogP contribution in [0, 0.1) is 0 Å². The molecule has 2 aromatic rings. The average molecular weight is 235 g/mol. The Bertz CT molecular complexity index is 531. The maximum atomic E-state index is 6.09. The molecule has 0 unspecified atom stereocenters. The zero-order chi connectivity index (χ0) is 11.1. The third-order valence-electron chi connectivity index (χ3n) is 2.66. The van der Waals surface area contributed by atoms with Gasteiger partial charge in [-0.05, 0) is 18.9 Å². The van der Waals surface area contributed by atoms with E-state index in [1.54, 1.807) is 18.5 Å². The standard InChI is InChI=1S/C11H11ClN4/c12-10-3-8(13)5-14-11(10)7-4-15-16(6-7)9-1-2-9/h3-6,9H,1-2,13H2. The van der Waals surface area contributed by atoms with E-state index in [9.17, 15) is 0 Å². The highest BCUT2D eigenvalue weighted by Gasteiger charge is 2.24. The number of pyridine rings is 1. The molecule has 2 N–H and O–H groups in total. The molecule has 4 nitrogen and oxygen atoms in total. The number of rotatable bonds is 2. The van der Waals surface area contributed by atoms with Crippen LogP contribution in [-0.2, 0) is 0 Å². The van der Waals surface area contributed by atoms with Crippen LogP contribution in [-0.4, -0.2) is 14.8 Å². The zero-order valence-electron chi connectivity index (χ0n) is 8.60. The molecule has 82 valence electrons. The lowest BCUT2D eigenvalue weighted by Gasteiger charge is -2.00. The van der Waals surface area contributed by atoms with E-state index in [0.29, 0.717) is 16.8 Å². The number of halogens is 1. The second-order valence-electron chi connectivity index (χ2n) is 4.04. The topological polar surface area (TPSA) is 56.7 Å². The Kier molecular flexibility index (Phi) is 2.11. The van der Waals surface area contributed by atoms with Crippen LogP contribution < -0.4 is 5.73 Å². The van der Waals surface area contributed by atoms with Crippen LogP contribution in [0.1, 0.15) is 18.9 Å². The highest BCUT2D eigenvalue weighted by Crippen LogP contribution is 2.35. The van der Waals surface area contributed by atoms with E-state index in [1.165, 1.54) is 12.8 Å². The van der Waals surface area contributed by atoms with Crippen LogP contribution in [0.3, 0.4) is 0 Å². The molecule has 1 aliphatic rings. The van der Waals surface area contributed by atoms with Gasteiger partial charge in [0.1, 0.15) is 0 Å². The minimum Gasteiger partial charge on any atom is -0.397 e. The van der Waals surface area contributed by atoms with Gasteiger partial charge < -0.3 is 5.73 Å². The first kappa shape index (κ1) is 9.66. The van der Waals surface area contributed by atoms with Crippen molar-refractivity contribution >= 4 is 17.3 Å². The van der Waals surface area contributed by atoms with Crippen LogP contribution in [0.4, 0.5) is 5.69 Å². The summed E-state index contributed by atoms with van der Waals surface area (Å²) in [5.74, 6) is 0. The number of nitrogen functional groups attached to an aromatic ring is 1. The number of hydrogen-bond donors (Lipinski definition) is 1. The van der Waals surface area contributed by atoms with Gasteiger partial charge in [-0.3, -0.25) is 9.67 Å². The molecule has 0 spiro atoms. The molecule has 2 aromatic heterocycles. The molecule has 2 heterocycles. The summed E-state index contributed by atoms with van der Waals surface area (Å²) in [7, 11) is 0. The second kappa shape index (κ2) is 3.49. The minimum atomic E-state index is 0.565. The molecule has 0 saturated heterocycles. The Balaban J connectivity index is 2.00. The monoisotopic (exact) mass is 234 g/mol. The van der Waals surface area contributed by atoms with E-state index >= 15 is 0 Å². The lowest BCUT2D eigenvalue weighted by atomic mass is 10.2. The molecule has 3 rings (SSSR count). The number of nitrogens with two attached hydrogens (primary N) is 1. The first-order chi connectivity index (χ1) is 7.74. The molecule has 1 aliphatic carbocycles. The van der Waals surface area contributed by atoms with Crippen molar-refractivity contribution in [1.82, 2.24) is 14.8 Å². The molecular weight excluding hydrogens is 224 g/mol. The minimum absolute atomic E-state index is 0.565. The van der Waals surface area contributed by atoms with E-state index in [1.807, 2.05) is 10.9 Å². The third kappa shape index (κ3) is 1.65. The first-order valence-corrected chi connectivity index (χ1v) is 5.57. The van der Waals surface area contributed by atoms with Gasteiger partial charge in [-0.25, -0.2) is 0 Å². The number of anilines is 1. The van der Waals surface area contributed by atoms with Crippen molar-refractivity contribution in [2.45, 2.75) is 18.9 Å². The smallest absolute Gasteiger partial charge is 0.0921 e. The van der Waals surface area contributed by atoms with Crippen molar-refractivity contribution < 1.29 is 0 Å². The molecule has 0 radical (unpaired) electrons. The van der Waals surface area contributed by atoms with Gasteiger partial charge in [0.2, 0.25) is 0 Å². The predicted molar refractivity (Wildman–Crippen MR) is 63.2 cm³/mol. The van der Waals surface area contributed by atoms with E-state index in [-0.39, 0.29) is 0 Å². The van der Waals surface area contributed by atoms with Crippen molar-refractivity contribution in [3.63, 3.8) is 0 Å². The molecule has 0 aromatic carbocycles. The molecule has 5 heteroatoms. The highest BCUT2D eigenvalue weighted by molar-refractivity contribution is 6.33. The largest absolute Gasteiger partial charge is 0.397 e. The van der Waals surface area contributed by atoms with Crippen molar-refractivity contribution in [2.24, 2.45) is 0 Å². The van der Waals surface area contributed by atoms with E-state index in [0.717, 1.165) is 11.3 Å². The maximum Gasteiger partial charge on any atom is 0.0921 e. The lowest BCUT2D eigenvalue weighted by Crippen LogP contribution is -1.92. The van der Waals surface area contributed by atoms with Crippen LogP contribution in [0.25, 0.3) is 11.3 Å². The van der Waals surface area contributed by atoms with Gasteiger partial charge in [0.15, 0.2) is 0 Å². The lowest BCUT2D eigenvalue weighted by molar-refractivity contribution is 0.642. The third-order valence-corrected chi connectivity index (χ3v) is 2.95. The van der Waals surface area contributed by atoms with Crippen LogP contribution in [0.15, 0.2) is 24.7 Å². The predicted octanol–water partition coefficient (Wildman–Crippen LogP) is 2.52. The van der Waals surface area contributed by atoms with Crippen molar-refractivity contribution in [3.05, 3.63) is 29.7 Å². The van der Waals surface area contributed by atoms with Gasteiger partial charge in [0, 0.05) is 11.8 Å². The van der Waals surface area contributed by atoms with Crippen LogP contribution >= 0.6 is 11.6 Å². The number of aromatic nitrogens is 3. The Morgan fingerprint density at radius 2 is 2.19 bits per heavy atom. The fourth-order valence-electron chi connectivity index (χ4n) is 1.66. The van der Waals surface area contributed by atoms with Gasteiger partial charge in [-0.15, -0.1) is 0 Å². The Morgan fingerprint density at radius 1 is 1.38 bits per heavy atom. The molecule has 0 amide bonds.